The molecule has 4 nitrogen and oxygen atoms in total. The van der Waals surface area contributed by atoms with Gasteiger partial charge in [0.1, 0.15) is 4.88 Å². The first-order valence-electron chi connectivity index (χ1n) is 4.74. The molecule has 0 saturated heterocycles. The Morgan fingerprint density at radius 2 is 2.11 bits per heavy atom. The first-order chi connectivity index (χ1) is 8.20. The third-order valence-electron chi connectivity index (χ3n) is 1.92. The number of nitrogens with one attached hydrogen (secondary N) is 2. The van der Waals surface area contributed by atoms with Crippen LogP contribution in [0.3, 0.4) is 0 Å². The lowest BCUT2D eigenvalue weighted by Crippen LogP contribution is -2.42. The van der Waals surface area contributed by atoms with E-state index in [1.807, 2.05) is 0 Å². The summed E-state index contributed by atoms with van der Waals surface area (Å²) in [5, 5.41) is 4.33. The van der Waals surface area contributed by atoms with Crippen molar-refractivity contribution in [2.45, 2.75) is 19.1 Å². The third kappa shape index (κ3) is 4.15. The molecule has 4 N–H and O–H groups in total. The van der Waals surface area contributed by atoms with E-state index < -0.39 is 23.1 Å². The third-order valence-corrected chi connectivity index (χ3v) is 3.33. The summed E-state index contributed by atoms with van der Waals surface area (Å²) in [6.45, 7) is 1.56. The van der Waals surface area contributed by atoms with Gasteiger partial charge in [-0.25, -0.2) is 4.79 Å². The van der Waals surface area contributed by atoms with Gasteiger partial charge >= 0.3 is 12.2 Å². The van der Waals surface area contributed by atoms with Crippen molar-refractivity contribution in [2.24, 2.45) is 5.73 Å². The average Bonchev–Trinajstić information content (AvgIpc) is 2.63. The van der Waals surface area contributed by atoms with E-state index >= 15 is 0 Å². The minimum Gasteiger partial charge on any atom is -0.376 e. The minimum absolute atomic E-state index is 0.207. The molecule has 1 rings (SSSR count). The molecule has 1 heterocycles. The second kappa shape index (κ2) is 5.53. The van der Waals surface area contributed by atoms with Crippen LogP contribution < -0.4 is 16.4 Å². The SMILES string of the molecule is CC(NC(=O)NC(N)=S)c1ccc(C(F)(F)F)s1. The van der Waals surface area contributed by atoms with Gasteiger partial charge in [-0.2, -0.15) is 13.2 Å². The summed E-state index contributed by atoms with van der Waals surface area (Å²) >= 11 is 5.03. The fourth-order valence-corrected chi connectivity index (χ4v) is 2.12. The number of hydrogen-bond donors (Lipinski definition) is 3. The van der Waals surface area contributed by atoms with Crippen LogP contribution in [0.15, 0.2) is 12.1 Å². The molecule has 0 radical (unpaired) electrons. The predicted octanol–water partition coefficient (Wildman–Crippen LogP) is 2.37. The van der Waals surface area contributed by atoms with Gasteiger partial charge in [-0.15, -0.1) is 11.3 Å². The molecule has 0 aliphatic rings. The number of amides is 2. The fourth-order valence-electron chi connectivity index (χ4n) is 1.15. The second-order valence-corrected chi connectivity index (χ2v) is 4.94. The van der Waals surface area contributed by atoms with Crippen LogP contribution in [0.2, 0.25) is 0 Å². The first-order valence-corrected chi connectivity index (χ1v) is 5.96. The van der Waals surface area contributed by atoms with E-state index in [2.05, 4.69) is 22.9 Å². The summed E-state index contributed by atoms with van der Waals surface area (Å²) in [5.74, 6) is 0. The molecule has 0 spiro atoms. The molecule has 1 unspecified atom stereocenters. The standard InChI is InChI=1S/C9H10F3N3OS2/c1-4(14-8(16)15-7(13)17)5-2-3-6(18-5)9(10,11)12/h2-4H,1H3,(H4,13,14,15,16,17). The van der Waals surface area contributed by atoms with Crippen molar-refractivity contribution < 1.29 is 18.0 Å². The lowest BCUT2D eigenvalue weighted by molar-refractivity contribution is -0.134. The molecule has 0 saturated carbocycles. The smallest absolute Gasteiger partial charge is 0.376 e. The van der Waals surface area contributed by atoms with Gasteiger partial charge in [0.2, 0.25) is 0 Å². The van der Waals surface area contributed by atoms with Crippen molar-refractivity contribution in [1.29, 1.82) is 0 Å². The fraction of sp³-hybridized carbons (Fsp3) is 0.333. The van der Waals surface area contributed by atoms with Crippen LogP contribution in [0.4, 0.5) is 18.0 Å². The van der Waals surface area contributed by atoms with Crippen molar-refractivity contribution in [3.8, 4) is 0 Å². The largest absolute Gasteiger partial charge is 0.425 e. The maximum atomic E-state index is 12.4. The van der Waals surface area contributed by atoms with Gasteiger partial charge in [-0.05, 0) is 31.3 Å². The van der Waals surface area contributed by atoms with E-state index in [-0.39, 0.29) is 5.11 Å². The van der Waals surface area contributed by atoms with Crippen LogP contribution >= 0.6 is 23.6 Å². The van der Waals surface area contributed by atoms with Crippen molar-refractivity contribution in [3.05, 3.63) is 21.9 Å². The van der Waals surface area contributed by atoms with Gasteiger partial charge in [-0.3, -0.25) is 5.32 Å². The van der Waals surface area contributed by atoms with Gasteiger partial charge in [0.15, 0.2) is 5.11 Å². The van der Waals surface area contributed by atoms with E-state index in [4.69, 9.17) is 5.73 Å². The van der Waals surface area contributed by atoms with Crippen molar-refractivity contribution in [1.82, 2.24) is 10.6 Å². The van der Waals surface area contributed by atoms with Gasteiger partial charge in [-0.1, -0.05) is 0 Å². The summed E-state index contributed by atoms with van der Waals surface area (Å²) in [6, 6.07) is 1.07. The molecule has 9 heteroatoms. The van der Waals surface area contributed by atoms with Crippen molar-refractivity contribution >= 4 is 34.7 Å². The number of halogens is 3. The second-order valence-electron chi connectivity index (χ2n) is 3.38. The van der Waals surface area contributed by atoms with Crippen LogP contribution in [0.25, 0.3) is 0 Å². The lowest BCUT2D eigenvalue weighted by Gasteiger charge is -2.12. The molecule has 0 aliphatic heterocycles. The Balaban J connectivity index is 2.68. The van der Waals surface area contributed by atoms with Crippen LogP contribution in [0.5, 0.6) is 0 Å². The highest BCUT2D eigenvalue weighted by Crippen LogP contribution is 2.36. The number of thiophene rings is 1. The number of carbonyl (C=O) groups is 1. The molecule has 100 valence electrons. The summed E-state index contributed by atoms with van der Waals surface area (Å²) < 4.78 is 37.1. The molecule has 1 aromatic rings. The molecule has 1 atom stereocenters. The average molecular weight is 297 g/mol. The molecule has 0 aromatic carbocycles. The van der Waals surface area contributed by atoms with Crippen LogP contribution in [0.1, 0.15) is 22.7 Å². The normalized spacial score (nSPS) is 12.9. The summed E-state index contributed by atoms with van der Waals surface area (Å²) in [6.07, 6.45) is -4.37. The molecule has 1 aromatic heterocycles. The highest BCUT2D eigenvalue weighted by atomic mass is 32.1. The monoisotopic (exact) mass is 297 g/mol. The maximum absolute atomic E-state index is 12.4. The molecule has 2 amide bonds. The zero-order chi connectivity index (χ0) is 13.9. The van der Waals surface area contributed by atoms with Crippen molar-refractivity contribution in [3.63, 3.8) is 0 Å². The molecular weight excluding hydrogens is 287 g/mol. The van der Waals surface area contributed by atoms with Crippen LogP contribution in [0, 0.1) is 0 Å². The van der Waals surface area contributed by atoms with Crippen LogP contribution in [-0.2, 0) is 6.18 Å². The highest BCUT2D eigenvalue weighted by molar-refractivity contribution is 7.80. The van der Waals surface area contributed by atoms with Gasteiger partial charge in [0, 0.05) is 4.88 Å². The minimum atomic E-state index is -4.37. The van der Waals surface area contributed by atoms with E-state index in [1.54, 1.807) is 6.92 Å². The first kappa shape index (κ1) is 14.7. The Morgan fingerprint density at radius 1 is 1.50 bits per heavy atom. The van der Waals surface area contributed by atoms with E-state index in [0.29, 0.717) is 16.2 Å². The topological polar surface area (TPSA) is 67.2 Å². The molecule has 0 bridgehead atoms. The molecule has 0 fully saturated rings. The Morgan fingerprint density at radius 3 is 2.56 bits per heavy atom. The van der Waals surface area contributed by atoms with E-state index in [0.717, 1.165) is 6.07 Å². The number of carbonyl (C=O) groups excluding carboxylic acids is 1. The number of rotatable bonds is 2. The van der Waals surface area contributed by atoms with Gasteiger partial charge in [0.25, 0.3) is 0 Å². The quantitative estimate of drug-likeness (QED) is 0.734. The summed E-state index contributed by atoms with van der Waals surface area (Å²) in [4.78, 5) is 10.9. The number of hydrogen-bond acceptors (Lipinski definition) is 3. The van der Waals surface area contributed by atoms with E-state index in [9.17, 15) is 18.0 Å². The summed E-state index contributed by atoms with van der Waals surface area (Å²) in [5.41, 5.74) is 5.08. The lowest BCUT2D eigenvalue weighted by atomic mass is 10.3. The predicted molar refractivity (Wildman–Crippen MR) is 66.2 cm³/mol. The van der Waals surface area contributed by atoms with Gasteiger partial charge < -0.3 is 11.1 Å². The molecule has 18 heavy (non-hydrogen) atoms. The highest BCUT2D eigenvalue weighted by Gasteiger charge is 2.32. The van der Waals surface area contributed by atoms with Crippen LogP contribution in [-0.4, -0.2) is 11.1 Å². The van der Waals surface area contributed by atoms with Gasteiger partial charge in [0.05, 0.1) is 6.04 Å². The van der Waals surface area contributed by atoms with Crippen molar-refractivity contribution in [2.75, 3.05) is 0 Å². The van der Waals surface area contributed by atoms with E-state index in [1.165, 1.54) is 6.07 Å². The Labute approximate surface area is 110 Å². The zero-order valence-corrected chi connectivity index (χ0v) is 10.8. The Kier molecular flexibility index (Phi) is 4.52. The zero-order valence-electron chi connectivity index (χ0n) is 9.17. The Hall–Kier alpha value is -1.35. The number of urea groups is 1. The maximum Gasteiger partial charge on any atom is 0.425 e. The number of thiocarbonyl (C=S) groups is 1. The molecule has 0 aliphatic carbocycles. The number of nitrogens with two attached hydrogens (primary N) is 1. The Bertz CT molecular complexity index is 458. The summed E-state index contributed by atoms with van der Waals surface area (Å²) in [7, 11) is 0. The molecular formula is C9H10F3N3OS2. The number of alkyl halides is 3.